The van der Waals surface area contributed by atoms with Gasteiger partial charge in [0.05, 0.1) is 18.5 Å². The molecule has 94 valence electrons. The molecule has 18 heavy (non-hydrogen) atoms. The van der Waals surface area contributed by atoms with E-state index in [2.05, 4.69) is 10.3 Å². The van der Waals surface area contributed by atoms with Crippen molar-refractivity contribution >= 4 is 5.91 Å². The Hall–Kier alpha value is -2.21. The van der Waals surface area contributed by atoms with Crippen LogP contribution in [0.3, 0.4) is 0 Å². The number of hydrogen-bond donors (Lipinski definition) is 0. The van der Waals surface area contributed by atoms with E-state index in [0.29, 0.717) is 5.69 Å². The Balaban J connectivity index is 2.38. The Labute approximate surface area is 105 Å². The van der Waals surface area contributed by atoms with Crippen LogP contribution < -0.4 is 0 Å². The number of rotatable bonds is 3. The lowest BCUT2D eigenvalue weighted by molar-refractivity contribution is -0.0761. The summed E-state index contributed by atoms with van der Waals surface area (Å²) in [6.07, 6.45) is 0. The summed E-state index contributed by atoms with van der Waals surface area (Å²) in [5.41, 5.74) is 1.82. The first-order valence-corrected chi connectivity index (χ1v) is 5.45. The van der Waals surface area contributed by atoms with E-state index in [0.717, 1.165) is 10.8 Å². The van der Waals surface area contributed by atoms with E-state index >= 15 is 0 Å². The molecule has 2 rings (SSSR count). The first-order chi connectivity index (χ1) is 8.65. The Morgan fingerprint density at radius 1 is 1.33 bits per heavy atom. The first kappa shape index (κ1) is 12.3. The quantitative estimate of drug-likeness (QED) is 0.764. The summed E-state index contributed by atoms with van der Waals surface area (Å²) in [7, 11) is 2.96. The summed E-state index contributed by atoms with van der Waals surface area (Å²) in [5, 5.41) is 9.01. The normalized spacial score (nSPS) is 10.4. The van der Waals surface area contributed by atoms with Crippen molar-refractivity contribution in [3.05, 3.63) is 41.7 Å². The van der Waals surface area contributed by atoms with Gasteiger partial charge in [0.1, 0.15) is 0 Å². The van der Waals surface area contributed by atoms with Gasteiger partial charge in [-0.1, -0.05) is 23.4 Å². The summed E-state index contributed by atoms with van der Waals surface area (Å²) >= 11 is 0. The van der Waals surface area contributed by atoms with Crippen LogP contribution in [0.15, 0.2) is 30.3 Å². The predicted molar refractivity (Wildman–Crippen MR) is 65.2 cm³/mol. The fourth-order valence-electron chi connectivity index (χ4n) is 1.57. The Morgan fingerprint density at radius 2 is 2.00 bits per heavy atom. The summed E-state index contributed by atoms with van der Waals surface area (Å²) in [6.45, 7) is 1.80. The molecule has 6 heteroatoms. The lowest BCUT2D eigenvalue weighted by atomic mass is 10.3. The molecule has 0 fully saturated rings. The van der Waals surface area contributed by atoms with Crippen LogP contribution in [-0.2, 0) is 4.84 Å². The summed E-state index contributed by atoms with van der Waals surface area (Å²) < 4.78 is 1.62. The van der Waals surface area contributed by atoms with Crippen molar-refractivity contribution in [2.45, 2.75) is 6.92 Å². The van der Waals surface area contributed by atoms with E-state index in [1.54, 1.807) is 11.6 Å². The molecule has 0 atom stereocenters. The molecule has 1 amide bonds. The number of para-hydroxylation sites is 1. The third kappa shape index (κ3) is 2.10. The van der Waals surface area contributed by atoms with Gasteiger partial charge in [0.25, 0.3) is 5.91 Å². The third-order valence-electron chi connectivity index (χ3n) is 2.66. The molecule has 0 N–H and O–H groups in total. The van der Waals surface area contributed by atoms with Crippen molar-refractivity contribution in [3.8, 4) is 5.69 Å². The molecule has 1 aromatic carbocycles. The van der Waals surface area contributed by atoms with Crippen LogP contribution in [0.1, 0.15) is 16.2 Å². The second-order valence-corrected chi connectivity index (χ2v) is 3.76. The molecule has 0 radical (unpaired) electrons. The van der Waals surface area contributed by atoms with Crippen LogP contribution in [-0.4, -0.2) is 40.1 Å². The van der Waals surface area contributed by atoms with Gasteiger partial charge in [-0.25, -0.2) is 9.75 Å². The second kappa shape index (κ2) is 4.97. The number of hydroxylamine groups is 2. The van der Waals surface area contributed by atoms with Crippen LogP contribution in [0, 0.1) is 6.92 Å². The molecule has 0 aliphatic heterocycles. The van der Waals surface area contributed by atoms with Crippen LogP contribution >= 0.6 is 0 Å². The molecule has 6 nitrogen and oxygen atoms in total. The number of hydrogen-bond acceptors (Lipinski definition) is 4. The summed E-state index contributed by atoms with van der Waals surface area (Å²) in [6, 6.07) is 9.52. The topological polar surface area (TPSA) is 60.2 Å². The van der Waals surface area contributed by atoms with E-state index in [1.165, 1.54) is 14.2 Å². The highest BCUT2D eigenvalue weighted by Crippen LogP contribution is 2.12. The highest BCUT2D eigenvalue weighted by molar-refractivity contribution is 5.92. The van der Waals surface area contributed by atoms with E-state index in [9.17, 15) is 4.79 Å². The molecule has 1 heterocycles. The Kier molecular flexibility index (Phi) is 3.38. The Bertz CT molecular complexity index is 550. The van der Waals surface area contributed by atoms with Crippen LogP contribution in [0.2, 0.25) is 0 Å². The molecular formula is C12H14N4O2. The molecule has 2 aromatic rings. The number of carbonyl (C=O) groups excluding carboxylic acids is 1. The molecule has 0 unspecified atom stereocenters. The average molecular weight is 246 g/mol. The van der Waals surface area contributed by atoms with Crippen molar-refractivity contribution in [2.24, 2.45) is 0 Å². The van der Waals surface area contributed by atoms with Crippen LogP contribution in [0.4, 0.5) is 0 Å². The smallest absolute Gasteiger partial charge is 0.274 e. The van der Waals surface area contributed by atoms with Gasteiger partial charge < -0.3 is 0 Å². The van der Waals surface area contributed by atoms with Gasteiger partial charge in [-0.05, 0) is 19.1 Å². The van der Waals surface area contributed by atoms with Gasteiger partial charge in [0.2, 0.25) is 0 Å². The number of aromatic nitrogens is 3. The lowest BCUT2D eigenvalue weighted by Gasteiger charge is -2.11. The fourth-order valence-corrected chi connectivity index (χ4v) is 1.57. The fraction of sp³-hybridized carbons (Fsp3) is 0.250. The minimum atomic E-state index is -0.322. The standard InChI is InChI=1S/C12H14N4O2/c1-9-11(12(17)15(2)18-3)13-14-16(9)10-7-5-4-6-8-10/h4-8H,1-3H3. The highest BCUT2D eigenvalue weighted by atomic mass is 16.7. The maximum Gasteiger partial charge on any atom is 0.299 e. The SMILES string of the molecule is CON(C)C(=O)c1nnn(-c2ccccc2)c1C. The molecule has 0 aliphatic rings. The van der Waals surface area contributed by atoms with Gasteiger partial charge >= 0.3 is 0 Å². The minimum Gasteiger partial charge on any atom is -0.274 e. The average Bonchev–Trinajstić information content (AvgIpc) is 2.80. The van der Waals surface area contributed by atoms with Crippen molar-refractivity contribution in [1.29, 1.82) is 0 Å². The van der Waals surface area contributed by atoms with Crippen LogP contribution in [0.5, 0.6) is 0 Å². The molecule has 0 saturated carbocycles. The summed E-state index contributed by atoms with van der Waals surface area (Å²) in [4.78, 5) is 16.8. The van der Waals surface area contributed by atoms with Crippen molar-refractivity contribution in [1.82, 2.24) is 20.1 Å². The largest absolute Gasteiger partial charge is 0.299 e. The molecule has 0 spiro atoms. The number of carbonyl (C=O) groups is 1. The van der Waals surface area contributed by atoms with E-state index < -0.39 is 0 Å². The summed E-state index contributed by atoms with van der Waals surface area (Å²) in [5.74, 6) is -0.322. The van der Waals surface area contributed by atoms with Crippen molar-refractivity contribution in [2.75, 3.05) is 14.2 Å². The van der Waals surface area contributed by atoms with Crippen molar-refractivity contribution < 1.29 is 9.63 Å². The second-order valence-electron chi connectivity index (χ2n) is 3.76. The minimum absolute atomic E-state index is 0.281. The number of nitrogens with zero attached hydrogens (tertiary/aromatic N) is 4. The zero-order valence-corrected chi connectivity index (χ0v) is 10.5. The monoisotopic (exact) mass is 246 g/mol. The predicted octanol–water partition coefficient (Wildman–Crippen LogP) is 1.21. The molecule has 1 aromatic heterocycles. The zero-order valence-electron chi connectivity index (χ0n) is 10.5. The third-order valence-corrected chi connectivity index (χ3v) is 2.66. The first-order valence-electron chi connectivity index (χ1n) is 5.45. The Morgan fingerprint density at radius 3 is 2.61 bits per heavy atom. The van der Waals surface area contributed by atoms with Gasteiger partial charge in [-0.15, -0.1) is 5.10 Å². The number of amides is 1. The zero-order chi connectivity index (χ0) is 13.1. The highest BCUT2D eigenvalue weighted by Gasteiger charge is 2.20. The van der Waals surface area contributed by atoms with Crippen molar-refractivity contribution in [3.63, 3.8) is 0 Å². The molecular weight excluding hydrogens is 232 g/mol. The van der Waals surface area contributed by atoms with Gasteiger partial charge in [-0.3, -0.25) is 9.63 Å². The lowest BCUT2D eigenvalue weighted by Crippen LogP contribution is -2.26. The molecule has 0 aliphatic carbocycles. The maximum absolute atomic E-state index is 11.9. The van der Waals surface area contributed by atoms with Crippen LogP contribution in [0.25, 0.3) is 5.69 Å². The van der Waals surface area contributed by atoms with E-state index in [4.69, 9.17) is 4.84 Å². The van der Waals surface area contributed by atoms with E-state index in [1.807, 2.05) is 30.3 Å². The number of benzene rings is 1. The maximum atomic E-state index is 11.9. The van der Waals surface area contributed by atoms with Gasteiger partial charge in [-0.2, -0.15) is 0 Å². The van der Waals surface area contributed by atoms with Gasteiger partial charge in [0, 0.05) is 7.05 Å². The van der Waals surface area contributed by atoms with E-state index in [-0.39, 0.29) is 11.6 Å². The van der Waals surface area contributed by atoms with Gasteiger partial charge in [0.15, 0.2) is 5.69 Å². The molecule has 0 saturated heterocycles. The molecule has 0 bridgehead atoms.